The van der Waals surface area contributed by atoms with E-state index in [4.69, 9.17) is 5.73 Å². The van der Waals surface area contributed by atoms with Gasteiger partial charge in [-0.2, -0.15) is 0 Å². The van der Waals surface area contributed by atoms with Gasteiger partial charge in [-0.25, -0.2) is 0 Å². The van der Waals surface area contributed by atoms with Gasteiger partial charge in [-0.1, -0.05) is 31.2 Å². The molecular weight excluding hydrogens is 160 g/mol. The highest BCUT2D eigenvalue weighted by Crippen LogP contribution is 2.15. The monoisotopic (exact) mass is 178 g/mol. The summed E-state index contributed by atoms with van der Waals surface area (Å²) in [5.41, 5.74) is 8.31. The molecule has 0 aliphatic rings. The fraction of sp³-hybridized carbons (Fsp3) is 0.455. The van der Waals surface area contributed by atoms with Crippen LogP contribution in [0.1, 0.15) is 24.1 Å². The predicted molar refractivity (Wildman–Crippen MR) is 56.7 cm³/mol. The molecule has 1 rings (SSSR count). The van der Waals surface area contributed by atoms with E-state index in [9.17, 15) is 0 Å². The minimum Gasteiger partial charge on any atom is -0.329 e. The van der Waals surface area contributed by atoms with Crippen molar-refractivity contribution in [3.05, 3.63) is 35.4 Å². The van der Waals surface area contributed by atoms with Crippen molar-refractivity contribution >= 4 is 0 Å². The Morgan fingerprint density at radius 3 is 2.62 bits per heavy atom. The number of nitrogens with one attached hydrogen (secondary N) is 1. The Labute approximate surface area is 80.1 Å². The summed E-state index contributed by atoms with van der Waals surface area (Å²) >= 11 is 0. The highest BCUT2D eigenvalue weighted by atomic mass is 14.9. The normalized spacial score (nSPS) is 12.8. The zero-order valence-corrected chi connectivity index (χ0v) is 8.38. The smallest absolute Gasteiger partial charge is 0.0447 e. The Morgan fingerprint density at radius 1 is 1.38 bits per heavy atom. The zero-order chi connectivity index (χ0) is 9.68. The topological polar surface area (TPSA) is 38.0 Å². The van der Waals surface area contributed by atoms with Gasteiger partial charge in [0.05, 0.1) is 0 Å². The third kappa shape index (κ3) is 2.54. The van der Waals surface area contributed by atoms with Crippen molar-refractivity contribution in [3.8, 4) is 0 Å². The maximum atomic E-state index is 5.70. The zero-order valence-electron chi connectivity index (χ0n) is 8.38. The largest absolute Gasteiger partial charge is 0.329 e. The number of rotatable bonds is 4. The third-order valence-corrected chi connectivity index (χ3v) is 2.25. The molecule has 0 heterocycles. The molecule has 0 aliphatic carbocycles. The average Bonchev–Trinajstić information content (AvgIpc) is 2.16. The van der Waals surface area contributed by atoms with Crippen LogP contribution in [0, 0.1) is 6.92 Å². The molecule has 0 aliphatic heterocycles. The van der Waals surface area contributed by atoms with Gasteiger partial charge in [0.2, 0.25) is 0 Å². The molecule has 2 nitrogen and oxygen atoms in total. The number of aryl methyl sites for hydroxylation is 1. The first-order valence-corrected chi connectivity index (χ1v) is 4.78. The van der Waals surface area contributed by atoms with Gasteiger partial charge < -0.3 is 11.1 Å². The van der Waals surface area contributed by atoms with Crippen LogP contribution in [0.5, 0.6) is 0 Å². The summed E-state index contributed by atoms with van der Waals surface area (Å²) in [6, 6.07) is 8.66. The molecule has 2 heteroatoms. The van der Waals surface area contributed by atoms with E-state index in [1.54, 1.807) is 0 Å². The van der Waals surface area contributed by atoms with Crippen LogP contribution in [0.4, 0.5) is 0 Å². The molecule has 0 amide bonds. The van der Waals surface area contributed by atoms with Crippen LogP contribution >= 0.6 is 0 Å². The Bertz CT molecular complexity index is 258. The number of likely N-dealkylation sites (N-methyl/N-ethyl adjacent to an activating group) is 1. The predicted octanol–water partition coefficient (Wildman–Crippen LogP) is 1.60. The molecule has 1 aromatic carbocycles. The van der Waals surface area contributed by atoms with Gasteiger partial charge in [0, 0.05) is 12.6 Å². The van der Waals surface area contributed by atoms with Gasteiger partial charge >= 0.3 is 0 Å². The van der Waals surface area contributed by atoms with Crippen LogP contribution in [-0.4, -0.2) is 13.1 Å². The first kappa shape index (κ1) is 10.2. The Balaban J connectivity index is 2.84. The van der Waals surface area contributed by atoms with E-state index in [-0.39, 0.29) is 0 Å². The summed E-state index contributed by atoms with van der Waals surface area (Å²) in [5, 5.41) is 3.36. The molecule has 1 aromatic rings. The second-order valence-electron chi connectivity index (χ2n) is 3.20. The van der Waals surface area contributed by atoms with Crippen molar-refractivity contribution in [1.82, 2.24) is 5.32 Å². The second-order valence-corrected chi connectivity index (χ2v) is 3.20. The summed E-state index contributed by atoms with van der Waals surface area (Å²) in [4.78, 5) is 0. The van der Waals surface area contributed by atoms with E-state index in [1.165, 1.54) is 11.1 Å². The Morgan fingerprint density at radius 2 is 2.08 bits per heavy atom. The summed E-state index contributed by atoms with van der Waals surface area (Å²) in [5.74, 6) is 0. The van der Waals surface area contributed by atoms with E-state index < -0.39 is 0 Å². The van der Waals surface area contributed by atoms with Crippen LogP contribution in [0.25, 0.3) is 0 Å². The minimum absolute atomic E-state index is 0.297. The minimum atomic E-state index is 0.297. The van der Waals surface area contributed by atoms with E-state index in [1.807, 2.05) is 0 Å². The molecule has 13 heavy (non-hydrogen) atoms. The van der Waals surface area contributed by atoms with E-state index >= 15 is 0 Å². The lowest BCUT2D eigenvalue weighted by atomic mass is 10.0. The molecule has 0 fully saturated rings. The molecule has 0 radical (unpaired) electrons. The van der Waals surface area contributed by atoms with Crippen LogP contribution < -0.4 is 11.1 Å². The molecule has 3 N–H and O–H groups in total. The Hall–Kier alpha value is -0.860. The maximum absolute atomic E-state index is 5.70. The van der Waals surface area contributed by atoms with Crippen molar-refractivity contribution in [3.63, 3.8) is 0 Å². The van der Waals surface area contributed by atoms with Crippen LogP contribution in [0.15, 0.2) is 24.3 Å². The van der Waals surface area contributed by atoms with Crippen LogP contribution in [0.2, 0.25) is 0 Å². The molecule has 1 unspecified atom stereocenters. The second kappa shape index (κ2) is 5.00. The molecular formula is C11H18N2. The number of hydrogen-bond acceptors (Lipinski definition) is 2. The van der Waals surface area contributed by atoms with Gasteiger partial charge in [-0.05, 0) is 24.6 Å². The van der Waals surface area contributed by atoms with Gasteiger partial charge in [0.1, 0.15) is 0 Å². The highest BCUT2D eigenvalue weighted by Gasteiger charge is 2.08. The quantitative estimate of drug-likeness (QED) is 0.735. The van der Waals surface area contributed by atoms with E-state index in [0.29, 0.717) is 12.6 Å². The molecule has 1 atom stereocenters. The first-order valence-electron chi connectivity index (χ1n) is 4.78. The van der Waals surface area contributed by atoms with Crippen LogP contribution in [-0.2, 0) is 0 Å². The van der Waals surface area contributed by atoms with Gasteiger partial charge in [-0.3, -0.25) is 0 Å². The van der Waals surface area contributed by atoms with Crippen molar-refractivity contribution in [2.24, 2.45) is 5.73 Å². The fourth-order valence-electron chi connectivity index (χ4n) is 1.54. The summed E-state index contributed by atoms with van der Waals surface area (Å²) in [7, 11) is 0. The summed E-state index contributed by atoms with van der Waals surface area (Å²) < 4.78 is 0. The molecule has 0 saturated heterocycles. The first-order chi connectivity index (χ1) is 6.29. The van der Waals surface area contributed by atoms with E-state index in [0.717, 1.165) is 6.54 Å². The number of nitrogens with two attached hydrogens (primary N) is 1. The lowest BCUT2D eigenvalue weighted by molar-refractivity contribution is 0.559. The SMILES string of the molecule is CCNC(CN)c1ccccc1C. The van der Waals surface area contributed by atoms with Crippen molar-refractivity contribution < 1.29 is 0 Å². The molecule has 0 aromatic heterocycles. The van der Waals surface area contributed by atoms with E-state index in [2.05, 4.69) is 43.4 Å². The van der Waals surface area contributed by atoms with Gasteiger partial charge in [0.25, 0.3) is 0 Å². The average molecular weight is 178 g/mol. The highest BCUT2D eigenvalue weighted by molar-refractivity contribution is 5.28. The summed E-state index contributed by atoms with van der Waals surface area (Å²) in [6.45, 7) is 5.82. The van der Waals surface area contributed by atoms with Crippen molar-refractivity contribution in [2.45, 2.75) is 19.9 Å². The molecule has 0 saturated carbocycles. The standard InChI is InChI=1S/C11H18N2/c1-3-13-11(8-12)10-7-5-4-6-9(10)2/h4-7,11,13H,3,8,12H2,1-2H3. The number of benzene rings is 1. The third-order valence-electron chi connectivity index (χ3n) is 2.25. The Kier molecular flexibility index (Phi) is 3.93. The lowest BCUT2D eigenvalue weighted by Crippen LogP contribution is -2.28. The molecule has 0 spiro atoms. The van der Waals surface area contributed by atoms with Crippen molar-refractivity contribution in [2.75, 3.05) is 13.1 Å². The lowest BCUT2D eigenvalue weighted by Gasteiger charge is -2.17. The summed E-state index contributed by atoms with van der Waals surface area (Å²) in [6.07, 6.45) is 0. The molecule has 0 bridgehead atoms. The van der Waals surface area contributed by atoms with Gasteiger partial charge in [-0.15, -0.1) is 0 Å². The van der Waals surface area contributed by atoms with Crippen molar-refractivity contribution in [1.29, 1.82) is 0 Å². The molecule has 72 valence electrons. The number of hydrogen-bond donors (Lipinski definition) is 2. The van der Waals surface area contributed by atoms with Gasteiger partial charge in [0.15, 0.2) is 0 Å². The fourth-order valence-corrected chi connectivity index (χ4v) is 1.54. The maximum Gasteiger partial charge on any atom is 0.0447 e. The van der Waals surface area contributed by atoms with Crippen LogP contribution in [0.3, 0.4) is 0 Å².